The van der Waals surface area contributed by atoms with Gasteiger partial charge in [-0.2, -0.15) is 18.4 Å². The van der Waals surface area contributed by atoms with E-state index in [0.717, 1.165) is 32.1 Å². The number of halogens is 3. The first-order chi connectivity index (χ1) is 9.34. The van der Waals surface area contributed by atoms with Crippen molar-refractivity contribution in [1.29, 1.82) is 5.26 Å². The molecule has 2 atom stereocenters. The van der Waals surface area contributed by atoms with Gasteiger partial charge in [0.2, 0.25) is 0 Å². The summed E-state index contributed by atoms with van der Waals surface area (Å²) < 4.78 is 36.9. The van der Waals surface area contributed by atoms with Gasteiger partial charge in [0.05, 0.1) is 12.5 Å². The Hall–Kier alpha value is -0.800. The third-order valence-electron chi connectivity index (χ3n) is 4.37. The van der Waals surface area contributed by atoms with Crippen molar-refractivity contribution in [2.24, 2.45) is 0 Å². The van der Waals surface area contributed by atoms with E-state index in [1.165, 1.54) is 0 Å². The van der Waals surface area contributed by atoms with Crippen molar-refractivity contribution in [2.45, 2.75) is 68.7 Å². The number of hydrogen-bond acceptors (Lipinski definition) is 3. The zero-order valence-corrected chi connectivity index (χ0v) is 11.8. The second kappa shape index (κ2) is 5.90. The van der Waals surface area contributed by atoms with Gasteiger partial charge in [-0.3, -0.25) is 5.32 Å². The summed E-state index contributed by atoms with van der Waals surface area (Å²) in [5.74, 6) is 0. The average molecular weight is 289 g/mol. The Morgan fingerprint density at radius 1 is 1.35 bits per heavy atom. The van der Waals surface area contributed by atoms with E-state index >= 15 is 0 Å². The number of nitrogens with zero attached hydrogens (tertiary/aromatic N) is 2. The van der Waals surface area contributed by atoms with Gasteiger partial charge in [-0.05, 0) is 45.6 Å². The number of alkyl halides is 3. The van der Waals surface area contributed by atoms with Crippen molar-refractivity contribution in [2.75, 3.05) is 13.6 Å². The minimum absolute atomic E-state index is 0.0130. The quantitative estimate of drug-likeness (QED) is 0.846. The maximum atomic E-state index is 12.3. The van der Waals surface area contributed by atoms with Crippen LogP contribution in [0, 0.1) is 11.3 Å². The van der Waals surface area contributed by atoms with Gasteiger partial charge in [-0.25, -0.2) is 0 Å². The Labute approximate surface area is 118 Å². The van der Waals surface area contributed by atoms with Gasteiger partial charge < -0.3 is 4.90 Å². The number of hydrogen-bond donors (Lipinski definition) is 1. The first-order valence-electron chi connectivity index (χ1n) is 7.29. The van der Waals surface area contributed by atoms with Gasteiger partial charge in [0.1, 0.15) is 5.54 Å². The molecule has 0 aromatic heterocycles. The summed E-state index contributed by atoms with van der Waals surface area (Å²) in [4.78, 5) is 1.77. The van der Waals surface area contributed by atoms with E-state index in [1.807, 2.05) is 0 Å². The van der Waals surface area contributed by atoms with Crippen LogP contribution < -0.4 is 5.32 Å². The maximum absolute atomic E-state index is 12.3. The number of nitriles is 1. The van der Waals surface area contributed by atoms with Crippen molar-refractivity contribution in [1.82, 2.24) is 10.2 Å². The zero-order valence-electron chi connectivity index (χ0n) is 11.8. The van der Waals surface area contributed by atoms with Crippen molar-refractivity contribution < 1.29 is 13.2 Å². The van der Waals surface area contributed by atoms with Crippen molar-refractivity contribution in [3.8, 4) is 6.07 Å². The van der Waals surface area contributed by atoms with Crippen LogP contribution in [0.5, 0.6) is 0 Å². The number of rotatable bonds is 5. The van der Waals surface area contributed by atoms with E-state index in [1.54, 1.807) is 11.9 Å². The molecule has 1 N–H and O–H groups in total. The lowest BCUT2D eigenvalue weighted by atomic mass is 9.79. The molecule has 2 aliphatic rings. The standard InChI is InChI=1S/C14H22F3N3/c1-20(8-7-14(15,16)17)12-3-2-6-13(9-12,10-18)19-11-4-5-11/h11-12,19H,2-9H2,1H3. The molecule has 3 nitrogen and oxygen atoms in total. The minimum Gasteiger partial charge on any atom is -0.303 e. The molecule has 0 amide bonds. The van der Waals surface area contributed by atoms with E-state index in [4.69, 9.17) is 0 Å². The second-order valence-electron chi connectivity index (χ2n) is 6.21. The SMILES string of the molecule is CN(CCC(F)(F)F)C1CCCC(C#N)(NC2CC2)C1. The summed E-state index contributed by atoms with van der Waals surface area (Å²) in [5, 5.41) is 12.9. The maximum Gasteiger partial charge on any atom is 0.390 e. The molecule has 114 valence electrons. The van der Waals surface area contributed by atoms with Gasteiger partial charge in [-0.15, -0.1) is 0 Å². The topological polar surface area (TPSA) is 39.1 Å². The van der Waals surface area contributed by atoms with E-state index in [-0.39, 0.29) is 12.6 Å². The Bertz CT molecular complexity index is 373. The predicted octanol–water partition coefficient (Wildman–Crippen LogP) is 2.83. The third kappa shape index (κ3) is 4.35. The summed E-state index contributed by atoms with van der Waals surface area (Å²) in [7, 11) is 1.74. The van der Waals surface area contributed by atoms with Crippen molar-refractivity contribution in [3.63, 3.8) is 0 Å². The van der Waals surface area contributed by atoms with Gasteiger partial charge in [-0.1, -0.05) is 0 Å². The normalized spacial score (nSPS) is 31.3. The van der Waals surface area contributed by atoms with Crippen LogP contribution in [-0.2, 0) is 0 Å². The van der Waals surface area contributed by atoms with Gasteiger partial charge in [0.15, 0.2) is 0 Å². The van der Waals surface area contributed by atoms with Gasteiger partial charge >= 0.3 is 6.18 Å². The molecule has 0 radical (unpaired) electrons. The fraction of sp³-hybridized carbons (Fsp3) is 0.929. The molecule has 2 rings (SSSR count). The molecule has 0 heterocycles. The minimum atomic E-state index is -4.11. The molecule has 20 heavy (non-hydrogen) atoms. The summed E-state index contributed by atoms with van der Waals surface area (Å²) in [6.45, 7) is 0.0130. The molecular weight excluding hydrogens is 267 g/mol. The highest BCUT2D eigenvalue weighted by Gasteiger charge is 2.41. The smallest absolute Gasteiger partial charge is 0.303 e. The zero-order chi connectivity index (χ0) is 14.8. The molecule has 2 fully saturated rings. The largest absolute Gasteiger partial charge is 0.390 e. The molecule has 0 aromatic carbocycles. The van der Waals surface area contributed by atoms with E-state index in [0.29, 0.717) is 12.5 Å². The first-order valence-corrected chi connectivity index (χ1v) is 7.29. The van der Waals surface area contributed by atoms with Crippen LogP contribution in [0.15, 0.2) is 0 Å². The fourth-order valence-electron chi connectivity index (χ4n) is 2.99. The lowest BCUT2D eigenvalue weighted by Gasteiger charge is -2.40. The Morgan fingerprint density at radius 3 is 2.60 bits per heavy atom. The summed E-state index contributed by atoms with van der Waals surface area (Å²) in [6.07, 6.45) is 0.545. The molecule has 0 spiro atoms. The third-order valence-corrected chi connectivity index (χ3v) is 4.37. The molecule has 6 heteroatoms. The van der Waals surface area contributed by atoms with E-state index in [9.17, 15) is 18.4 Å². The lowest BCUT2D eigenvalue weighted by Crippen LogP contribution is -2.53. The molecule has 0 bridgehead atoms. The Kier molecular flexibility index (Phi) is 4.60. The van der Waals surface area contributed by atoms with Gasteiger partial charge in [0.25, 0.3) is 0 Å². The number of nitrogens with one attached hydrogen (secondary N) is 1. The van der Waals surface area contributed by atoms with Crippen LogP contribution in [0.3, 0.4) is 0 Å². The van der Waals surface area contributed by atoms with Crippen LogP contribution in [0.4, 0.5) is 13.2 Å². The van der Waals surface area contributed by atoms with Crippen LogP contribution in [-0.4, -0.2) is 42.3 Å². The van der Waals surface area contributed by atoms with Crippen LogP contribution in [0.2, 0.25) is 0 Å². The first kappa shape index (κ1) is 15.6. The van der Waals surface area contributed by atoms with Crippen molar-refractivity contribution >= 4 is 0 Å². The molecule has 2 aliphatic carbocycles. The summed E-state index contributed by atoms with van der Waals surface area (Å²) >= 11 is 0. The second-order valence-corrected chi connectivity index (χ2v) is 6.21. The molecule has 2 saturated carbocycles. The molecular formula is C14H22F3N3. The molecule has 0 aromatic rings. The van der Waals surface area contributed by atoms with Crippen LogP contribution in [0.1, 0.15) is 44.9 Å². The Balaban J connectivity index is 1.89. The van der Waals surface area contributed by atoms with Crippen LogP contribution in [0.25, 0.3) is 0 Å². The average Bonchev–Trinajstić information content (AvgIpc) is 3.19. The molecule has 2 unspecified atom stereocenters. The summed E-state index contributed by atoms with van der Waals surface area (Å²) in [6, 6.07) is 2.89. The highest BCUT2D eigenvalue weighted by molar-refractivity contribution is 5.13. The fourth-order valence-corrected chi connectivity index (χ4v) is 2.99. The van der Waals surface area contributed by atoms with Crippen LogP contribution >= 0.6 is 0 Å². The molecule has 0 saturated heterocycles. The van der Waals surface area contributed by atoms with Gasteiger partial charge in [0, 0.05) is 18.6 Å². The van der Waals surface area contributed by atoms with E-state index in [2.05, 4.69) is 11.4 Å². The highest BCUT2D eigenvalue weighted by Crippen LogP contribution is 2.34. The molecule has 0 aliphatic heterocycles. The lowest BCUT2D eigenvalue weighted by molar-refractivity contribution is -0.138. The highest BCUT2D eigenvalue weighted by atomic mass is 19.4. The summed E-state index contributed by atoms with van der Waals surface area (Å²) in [5.41, 5.74) is -0.531. The Morgan fingerprint density at radius 2 is 2.05 bits per heavy atom. The van der Waals surface area contributed by atoms with Crippen molar-refractivity contribution in [3.05, 3.63) is 0 Å². The monoisotopic (exact) mass is 289 g/mol. The van der Waals surface area contributed by atoms with E-state index < -0.39 is 18.1 Å². The predicted molar refractivity (Wildman–Crippen MR) is 70.1 cm³/mol.